The molecule has 1 aliphatic carbocycles. The number of hydrogen-bond acceptors (Lipinski definition) is 4. The number of carboxylic acid groups (broad SMARTS) is 1. The van der Waals surface area contributed by atoms with Gasteiger partial charge in [0, 0.05) is 30.4 Å². The zero-order valence-corrected chi connectivity index (χ0v) is 17.0. The topological polar surface area (TPSA) is 83.8 Å². The van der Waals surface area contributed by atoms with E-state index in [0.717, 1.165) is 12.1 Å². The Morgan fingerprint density at radius 1 is 1.13 bits per heavy atom. The zero-order chi connectivity index (χ0) is 22.9. The van der Waals surface area contributed by atoms with Crippen molar-refractivity contribution in [1.82, 2.24) is 0 Å². The fraction of sp³-hybridized carbons (Fsp3) is 0.391. The second-order valence-electron chi connectivity index (χ2n) is 7.09. The van der Waals surface area contributed by atoms with Crippen molar-refractivity contribution in [1.29, 1.82) is 0 Å². The molecule has 1 aromatic rings. The molecule has 8 heteroatoms. The summed E-state index contributed by atoms with van der Waals surface area (Å²) in [5.74, 6) is -0.818. The Kier molecular flexibility index (Phi) is 8.90. The number of halogens is 3. The molecule has 2 N–H and O–H groups in total. The summed E-state index contributed by atoms with van der Waals surface area (Å²) in [6.07, 6.45) is 3.24. The minimum absolute atomic E-state index is 0.0206. The Hall–Kier alpha value is -3.03. The molecule has 31 heavy (non-hydrogen) atoms. The van der Waals surface area contributed by atoms with E-state index in [9.17, 15) is 27.9 Å². The van der Waals surface area contributed by atoms with Crippen LogP contribution < -0.4 is 4.74 Å². The van der Waals surface area contributed by atoms with E-state index < -0.39 is 17.7 Å². The van der Waals surface area contributed by atoms with Crippen molar-refractivity contribution in [3.05, 3.63) is 65.0 Å². The summed E-state index contributed by atoms with van der Waals surface area (Å²) in [7, 11) is 0. The second kappa shape index (κ2) is 11.4. The predicted octanol–water partition coefficient (Wildman–Crippen LogP) is 5.78. The van der Waals surface area contributed by atoms with Gasteiger partial charge < -0.3 is 14.9 Å². The molecular weight excluding hydrogens is 413 g/mol. The lowest BCUT2D eigenvalue weighted by Gasteiger charge is -2.10. The third kappa shape index (κ3) is 7.96. The molecule has 0 heterocycles. The lowest BCUT2D eigenvalue weighted by atomic mass is 10.0. The van der Waals surface area contributed by atoms with Crippen LogP contribution in [-0.4, -0.2) is 28.6 Å². The van der Waals surface area contributed by atoms with Gasteiger partial charge in [0.2, 0.25) is 0 Å². The number of rotatable bonds is 11. The fourth-order valence-electron chi connectivity index (χ4n) is 3.18. The number of alkyl halides is 3. The minimum atomic E-state index is -4.44. The van der Waals surface area contributed by atoms with Crippen LogP contribution in [0.2, 0.25) is 0 Å². The van der Waals surface area contributed by atoms with Crippen molar-refractivity contribution >= 4 is 11.8 Å². The van der Waals surface area contributed by atoms with E-state index in [2.05, 4.69) is 0 Å². The number of aliphatic carboxylic acids is 1. The van der Waals surface area contributed by atoms with Crippen molar-refractivity contribution in [2.45, 2.75) is 51.1 Å². The predicted molar refractivity (Wildman–Crippen MR) is 109 cm³/mol. The third-order valence-electron chi connectivity index (χ3n) is 4.75. The van der Waals surface area contributed by atoms with Crippen molar-refractivity contribution in [2.24, 2.45) is 0 Å². The molecule has 0 unspecified atom stereocenters. The number of Topliss-reactive ketones (excluding diaryl/α,β-unsaturated/α-hetero) is 1. The molecule has 0 fully saturated rings. The third-order valence-corrected chi connectivity index (χ3v) is 4.75. The highest BCUT2D eigenvalue weighted by molar-refractivity contribution is 5.99. The number of aliphatic hydroxyl groups is 1. The first-order chi connectivity index (χ1) is 14.7. The Labute approximate surface area is 178 Å². The molecule has 5 nitrogen and oxygen atoms in total. The van der Waals surface area contributed by atoms with Gasteiger partial charge in [-0.25, -0.2) is 0 Å². The van der Waals surface area contributed by atoms with E-state index in [1.165, 1.54) is 18.2 Å². The van der Waals surface area contributed by atoms with Gasteiger partial charge >= 0.3 is 12.1 Å². The van der Waals surface area contributed by atoms with Gasteiger partial charge in [-0.1, -0.05) is 18.2 Å². The van der Waals surface area contributed by atoms with E-state index in [1.54, 1.807) is 6.08 Å². The van der Waals surface area contributed by atoms with E-state index in [4.69, 9.17) is 9.84 Å². The Morgan fingerprint density at radius 2 is 1.90 bits per heavy atom. The number of ketones is 1. The summed E-state index contributed by atoms with van der Waals surface area (Å²) >= 11 is 0. The zero-order valence-electron chi connectivity index (χ0n) is 17.0. The van der Waals surface area contributed by atoms with E-state index in [-0.39, 0.29) is 36.7 Å². The first-order valence-electron chi connectivity index (χ1n) is 10.00. The van der Waals surface area contributed by atoms with Crippen LogP contribution >= 0.6 is 0 Å². The molecule has 1 aromatic carbocycles. The molecular formula is C23H25F3O5. The number of carbonyl (C=O) groups is 2. The van der Waals surface area contributed by atoms with E-state index in [0.29, 0.717) is 43.3 Å². The lowest BCUT2D eigenvalue weighted by molar-refractivity contribution is -0.138. The van der Waals surface area contributed by atoms with Crippen LogP contribution in [-0.2, 0) is 15.8 Å². The molecule has 1 aliphatic rings. The summed E-state index contributed by atoms with van der Waals surface area (Å²) in [5, 5.41) is 19.0. The van der Waals surface area contributed by atoms with Gasteiger partial charge in [0.05, 0.1) is 12.2 Å². The van der Waals surface area contributed by atoms with Crippen molar-refractivity contribution in [3.8, 4) is 5.75 Å². The average Bonchev–Trinajstić information content (AvgIpc) is 3.07. The molecule has 0 aromatic heterocycles. The number of unbranched alkanes of at least 4 members (excludes halogenated alkanes) is 1. The van der Waals surface area contributed by atoms with Gasteiger partial charge in [0.25, 0.3) is 0 Å². The van der Waals surface area contributed by atoms with Crippen molar-refractivity contribution < 1.29 is 37.7 Å². The number of hydrogen-bond donors (Lipinski definition) is 2. The SMILES string of the molecule is O=C(O)CCCC=CCC1=C(C(O)=CCCOc2cccc(C(F)(F)F)c2)CCC1=O. The number of benzene rings is 1. The molecule has 0 aliphatic heterocycles. The molecule has 0 amide bonds. The Morgan fingerprint density at radius 3 is 2.61 bits per heavy atom. The molecule has 0 spiro atoms. The van der Waals surface area contributed by atoms with Crippen LogP contribution in [0.15, 0.2) is 59.4 Å². The van der Waals surface area contributed by atoms with Crippen molar-refractivity contribution in [3.63, 3.8) is 0 Å². The van der Waals surface area contributed by atoms with Crippen LogP contribution in [0.4, 0.5) is 13.2 Å². The normalized spacial score (nSPS) is 15.2. The average molecular weight is 438 g/mol. The molecule has 2 rings (SSSR count). The number of allylic oxidation sites excluding steroid dienone is 4. The van der Waals surface area contributed by atoms with Crippen LogP contribution in [0.5, 0.6) is 5.75 Å². The second-order valence-corrected chi connectivity index (χ2v) is 7.09. The first-order valence-corrected chi connectivity index (χ1v) is 10.00. The quantitative estimate of drug-likeness (QED) is 0.260. The highest BCUT2D eigenvalue weighted by Crippen LogP contribution is 2.32. The van der Waals surface area contributed by atoms with Crippen LogP contribution in [0.3, 0.4) is 0 Å². The van der Waals surface area contributed by atoms with Gasteiger partial charge in [-0.05, 0) is 50.0 Å². The van der Waals surface area contributed by atoms with Crippen molar-refractivity contribution in [2.75, 3.05) is 6.61 Å². The van der Waals surface area contributed by atoms with Gasteiger partial charge in [-0.15, -0.1) is 0 Å². The summed E-state index contributed by atoms with van der Waals surface area (Å²) in [5.41, 5.74) is 0.306. The summed E-state index contributed by atoms with van der Waals surface area (Å²) in [4.78, 5) is 22.6. The maximum Gasteiger partial charge on any atom is 0.416 e. The van der Waals surface area contributed by atoms with Crippen LogP contribution in [0.1, 0.15) is 50.5 Å². The highest BCUT2D eigenvalue weighted by atomic mass is 19.4. The highest BCUT2D eigenvalue weighted by Gasteiger charge is 2.30. The van der Waals surface area contributed by atoms with E-state index in [1.807, 2.05) is 6.08 Å². The molecule has 0 atom stereocenters. The maximum absolute atomic E-state index is 12.7. The lowest BCUT2D eigenvalue weighted by Crippen LogP contribution is -2.05. The summed E-state index contributed by atoms with van der Waals surface area (Å²) in [6.45, 7) is 0.0748. The first kappa shape index (κ1) is 24.2. The number of carbonyl (C=O) groups excluding carboxylic acids is 1. The Balaban J connectivity index is 1.89. The minimum Gasteiger partial charge on any atom is -0.508 e. The van der Waals surface area contributed by atoms with Gasteiger partial charge in [0.1, 0.15) is 11.5 Å². The standard InChI is InChI=1S/C23H25F3O5/c24-23(25,26)16-7-5-8-17(15-16)31-14-6-10-20(27)19-12-13-21(28)18(19)9-3-1-2-4-11-22(29)30/h1,3,5,7-8,10,15,27H,2,4,6,9,11-14H2,(H,29,30). The largest absolute Gasteiger partial charge is 0.508 e. The maximum atomic E-state index is 12.7. The van der Waals surface area contributed by atoms with Gasteiger partial charge in [-0.3, -0.25) is 9.59 Å². The molecule has 0 bridgehead atoms. The van der Waals surface area contributed by atoms with Gasteiger partial charge in [0.15, 0.2) is 5.78 Å². The van der Waals surface area contributed by atoms with Crippen LogP contribution in [0, 0.1) is 0 Å². The molecule has 168 valence electrons. The molecule has 0 saturated heterocycles. The van der Waals surface area contributed by atoms with Gasteiger partial charge in [-0.2, -0.15) is 13.2 Å². The fourth-order valence-corrected chi connectivity index (χ4v) is 3.18. The molecule has 0 radical (unpaired) electrons. The monoisotopic (exact) mass is 438 g/mol. The number of carboxylic acids is 1. The summed E-state index contributed by atoms with van der Waals surface area (Å²) in [6, 6.07) is 4.58. The van der Waals surface area contributed by atoms with E-state index >= 15 is 0 Å². The smallest absolute Gasteiger partial charge is 0.416 e. The van der Waals surface area contributed by atoms with Crippen LogP contribution in [0.25, 0.3) is 0 Å². The number of ether oxygens (including phenoxy) is 1. The number of aliphatic hydroxyl groups excluding tert-OH is 1. The summed E-state index contributed by atoms with van der Waals surface area (Å²) < 4.78 is 43.5. The molecule has 0 saturated carbocycles. The Bertz CT molecular complexity index is 881.